The molecule has 1 aromatic rings. The lowest BCUT2D eigenvalue weighted by Crippen LogP contribution is -2.35. The first-order valence-corrected chi connectivity index (χ1v) is 9.21. The van der Waals surface area contributed by atoms with Crippen LogP contribution in [0.5, 0.6) is 11.5 Å². The quantitative estimate of drug-likeness (QED) is 0.915. The third kappa shape index (κ3) is 3.43. The first-order valence-electron chi connectivity index (χ1n) is 9.21. The number of hydrogen-bond donors (Lipinski definition) is 1. The van der Waals surface area contributed by atoms with E-state index < -0.39 is 0 Å². The van der Waals surface area contributed by atoms with Gasteiger partial charge in [0.1, 0.15) is 0 Å². The summed E-state index contributed by atoms with van der Waals surface area (Å²) in [6.45, 7) is 1.79. The molecule has 1 saturated carbocycles. The molecule has 6 heteroatoms. The number of ether oxygens (including phenoxy) is 2. The number of likely N-dealkylation sites (tertiary alicyclic amines) is 1. The zero-order valence-corrected chi connectivity index (χ0v) is 14.3. The van der Waals surface area contributed by atoms with E-state index in [0.29, 0.717) is 49.4 Å². The van der Waals surface area contributed by atoms with Crippen molar-refractivity contribution >= 4 is 17.5 Å². The van der Waals surface area contributed by atoms with Crippen LogP contribution in [0.25, 0.3) is 0 Å². The normalized spacial score (nSPS) is 23.6. The zero-order valence-electron chi connectivity index (χ0n) is 14.3. The third-order valence-electron chi connectivity index (χ3n) is 5.31. The van der Waals surface area contributed by atoms with Crippen molar-refractivity contribution < 1.29 is 19.1 Å². The van der Waals surface area contributed by atoms with E-state index >= 15 is 0 Å². The fourth-order valence-corrected chi connectivity index (χ4v) is 3.96. The summed E-state index contributed by atoms with van der Waals surface area (Å²) in [5, 5.41) is 2.93. The Kier molecular flexibility index (Phi) is 4.51. The smallest absolute Gasteiger partial charge is 0.229 e. The van der Waals surface area contributed by atoms with Gasteiger partial charge in [-0.15, -0.1) is 0 Å². The first-order chi connectivity index (χ1) is 12.2. The van der Waals surface area contributed by atoms with Gasteiger partial charge in [0.05, 0.1) is 19.1 Å². The summed E-state index contributed by atoms with van der Waals surface area (Å²) in [5.41, 5.74) is 0.681. The zero-order chi connectivity index (χ0) is 17.2. The topological polar surface area (TPSA) is 67.9 Å². The number of amides is 2. The highest BCUT2D eigenvalue weighted by Gasteiger charge is 2.38. The van der Waals surface area contributed by atoms with Gasteiger partial charge in [-0.3, -0.25) is 9.59 Å². The van der Waals surface area contributed by atoms with E-state index in [2.05, 4.69) is 5.32 Å². The number of rotatable bonds is 3. The van der Waals surface area contributed by atoms with Gasteiger partial charge in [0, 0.05) is 37.2 Å². The van der Waals surface area contributed by atoms with Gasteiger partial charge in [-0.05, 0) is 25.0 Å². The van der Waals surface area contributed by atoms with Crippen molar-refractivity contribution in [2.45, 2.75) is 44.6 Å². The predicted octanol–water partition coefficient (Wildman–Crippen LogP) is 2.58. The van der Waals surface area contributed by atoms with Gasteiger partial charge in [-0.1, -0.05) is 12.8 Å². The second kappa shape index (κ2) is 6.94. The molecule has 134 valence electrons. The van der Waals surface area contributed by atoms with Crippen LogP contribution in [0.15, 0.2) is 18.2 Å². The van der Waals surface area contributed by atoms with Crippen LogP contribution < -0.4 is 14.8 Å². The van der Waals surface area contributed by atoms with Gasteiger partial charge in [0.15, 0.2) is 11.5 Å². The van der Waals surface area contributed by atoms with Crippen LogP contribution in [-0.2, 0) is 9.59 Å². The molecule has 1 aliphatic carbocycles. The molecule has 0 aromatic heterocycles. The predicted molar refractivity (Wildman–Crippen MR) is 92.8 cm³/mol. The fourth-order valence-electron chi connectivity index (χ4n) is 3.96. The van der Waals surface area contributed by atoms with E-state index in [9.17, 15) is 9.59 Å². The highest BCUT2D eigenvalue weighted by molar-refractivity contribution is 5.97. The molecule has 0 spiro atoms. The standard InChI is InChI=1S/C19H24N2O4/c22-18-10-13(12-21(18)15-4-1-2-5-15)19(23)20-14-6-7-16-17(11-14)25-9-3-8-24-16/h6-7,11,13,15H,1-5,8-10,12H2,(H,20,23). The molecule has 6 nitrogen and oxygen atoms in total. The molecule has 3 aliphatic rings. The van der Waals surface area contributed by atoms with Crippen molar-refractivity contribution in [2.24, 2.45) is 5.92 Å². The van der Waals surface area contributed by atoms with Gasteiger partial charge >= 0.3 is 0 Å². The van der Waals surface area contributed by atoms with Crippen LogP contribution in [0.1, 0.15) is 38.5 Å². The molecule has 25 heavy (non-hydrogen) atoms. The largest absolute Gasteiger partial charge is 0.490 e. The van der Waals surface area contributed by atoms with Gasteiger partial charge in [0.25, 0.3) is 0 Å². The lowest BCUT2D eigenvalue weighted by Gasteiger charge is -2.23. The van der Waals surface area contributed by atoms with Crippen molar-refractivity contribution in [1.29, 1.82) is 0 Å². The Hall–Kier alpha value is -2.24. The minimum absolute atomic E-state index is 0.0941. The summed E-state index contributed by atoms with van der Waals surface area (Å²) in [7, 11) is 0. The highest BCUT2D eigenvalue weighted by atomic mass is 16.5. The van der Waals surface area contributed by atoms with E-state index in [1.807, 2.05) is 17.0 Å². The lowest BCUT2D eigenvalue weighted by molar-refractivity contribution is -0.129. The summed E-state index contributed by atoms with van der Waals surface area (Å²) in [4.78, 5) is 26.8. The molecule has 4 rings (SSSR count). The highest BCUT2D eigenvalue weighted by Crippen LogP contribution is 2.33. The summed E-state index contributed by atoms with van der Waals surface area (Å²) in [6.07, 6.45) is 5.67. The second-order valence-corrected chi connectivity index (χ2v) is 7.09. The van der Waals surface area contributed by atoms with E-state index in [0.717, 1.165) is 19.3 Å². The minimum atomic E-state index is -0.274. The molecule has 1 atom stereocenters. The first kappa shape index (κ1) is 16.2. The Morgan fingerprint density at radius 1 is 1.08 bits per heavy atom. The third-order valence-corrected chi connectivity index (χ3v) is 5.31. The van der Waals surface area contributed by atoms with Crippen LogP contribution in [0.2, 0.25) is 0 Å². The number of fused-ring (bicyclic) bond motifs is 1. The van der Waals surface area contributed by atoms with Crippen LogP contribution in [0, 0.1) is 5.92 Å². The van der Waals surface area contributed by atoms with Crippen molar-refractivity contribution in [3.8, 4) is 11.5 Å². The lowest BCUT2D eigenvalue weighted by atomic mass is 10.1. The van der Waals surface area contributed by atoms with Crippen LogP contribution in [0.3, 0.4) is 0 Å². The number of carbonyl (C=O) groups excluding carboxylic acids is 2. The van der Waals surface area contributed by atoms with Gasteiger partial charge in [-0.2, -0.15) is 0 Å². The summed E-state index contributed by atoms with van der Waals surface area (Å²) >= 11 is 0. The summed E-state index contributed by atoms with van der Waals surface area (Å²) in [6, 6.07) is 5.77. The molecule has 1 N–H and O–H groups in total. The van der Waals surface area contributed by atoms with E-state index in [-0.39, 0.29) is 17.7 Å². The minimum Gasteiger partial charge on any atom is -0.490 e. The van der Waals surface area contributed by atoms with Gasteiger partial charge in [0.2, 0.25) is 11.8 Å². The second-order valence-electron chi connectivity index (χ2n) is 7.09. The molecule has 1 saturated heterocycles. The average Bonchev–Trinajstić information content (AvgIpc) is 3.19. The molecule has 2 fully saturated rings. The Morgan fingerprint density at radius 2 is 1.84 bits per heavy atom. The number of hydrogen-bond acceptors (Lipinski definition) is 4. The van der Waals surface area contributed by atoms with Crippen LogP contribution >= 0.6 is 0 Å². The summed E-state index contributed by atoms with van der Waals surface area (Å²) in [5.74, 6) is 1.11. The van der Waals surface area contributed by atoms with Gasteiger partial charge in [-0.25, -0.2) is 0 Å². The maximum absolute atomic E-state index is 12.6. The molecule has 1 unspecified atom stereocenters. The molecule has 0 radical (unpaired) electrons. The van der Waals surface area contributed by atoms with Crippen molar-refractivity contribution in [1.82, 2.24) is 4.90 Å². The Morgan fingerprint density at radius 3 is 2.64 bits per heavy atom. The number of carbonyl (C=O) groups is 2. The number of benzene rings is 1. The Labute approximate surface area is 147 Å². The molecular weight excluding hydrogens is 320 g/mol. The molecule has 1 aromatic carbocycles. The average molecular weight is 344 g/mol. The van der Waals surface area contributed by atoms with E-state index in [1.54, 1.807) is 6.07 Å². The number of nitrogens with one attached hydrogen (secondary N) is 1. The molecular formula is C19H24N2O4. The molecule has 2 aliphatic heterocycles. The number of anilines is 1. The van der Waals surface area contributed by atoms with Gasteiger partial charge < -0.3 is 19.7 Å². The van der Waals surface area contributed by atoms with Crippen molar-refractivity contribution in [2.75, 3.05) is 25.1 Å². The molecule has 0 bridgehead atoms. The SMILES string of the molecule is O=C(Nc1ccc2c(c1)OCCCO2)C1CC(=O)N(C2CCCC2)C1. The maximum atomic E-state index is 12.6. The van der Waals surface area contributed by atoms with E-state index in [4.69, 9.17) is 9.47 Å². The van der Waals surface area contributed by atoms with E-state index in [1.165, 1.54) is 12.8 Å². The Bertz CT molecular complexity index is 669. The molecule has 2 amide bonds. The van der Waals surface area contributed by atoms with Crippen molar-refractivity contribution in [3.63, 3.8) is 0 Å². The van der Waals surface area contributed by atoms with Crippen LogP contribution in [0.4, 0.5) is 5.69 Å². The maximum Gasteiger partial charge on any atom is 0.229 e. The number of nitrogens with zero attached hydrogens (tertiary/aromatic N) is 1. The Balaban J connectivity index is 1.40. The monoisotopic (exact) mass is 344 g/mol. The van der Waals surface area contributed by atoms with Crippen LogP contribution in [-0.4, -0.2) is 42.5 Å². The summed E-state index contributed by atoms with van der Waals surface area (Å²) < 4.78 is 11.3. The molecule has 2 heterocycles. The van der Waals surface area contributed by atoms with Crippen molar-refractivity contribution in [3.05, 3.63) is 18.2 Å². The fraction of sp³-hybridized carbons (Fsp3) is 0.579.